The van der Waals surface area contributed by atoms with E-state index in [1.54, 1.807) is 14.0 Å². The molecule has 0 amide bonds. The summed E-state index contributed by atoms with van der Waals surface area (Å²) >= 11 is 0. The first-order valence-electron chi connectivity index (χ1n) is 9.54. The van der Waals surface area contributed by atoms with E-state index in [2.05, 4.69) is 11.8 Å². The Morgan fingerprint density at radius 1 is 0.926 bits per heavy atom. The molecule has 0 N–H and O–H groups in total. The number of ether oxygens (including phenoxy) is 1. The van der Waals surface area contributed by atoms with Gasteiger partial charge in [-0.2, -0.15) is 0 Å². The zero-order valence-corrected chi connectivity index (χ0v) is 16.3. The van der Waals surface area contributed by atoms with Gasteiger partial charge in [0.2, 0.25) is 0 Å². The van der Waals surface area contributed by atoms with Crippen LogP contribution >= 0.6 is 0 Å². The Labute approximate surface area is 160 Å². The lowest BCUT2D eigenvalue weighted by Crippen LogP contribution is -2.16. The molecule has 2 aromatic rings. The number of methoxy groups -OCH3 is 1. The zero-order chi connectivity index (χ0) is 19.6. The van der Waals surface area contributed by atoms with E-state index in [1.165, 1.54) is 6.42 Å². The molecule has 1 atom stereocenters. The van der Waals surface area contributed by atoms with Crippen LogP contribution in [0.4, 0.5) is 0 Å². The number of fused-ring (bicyclic) bond motifs is 1. The molecule has 0 saturated carbocycles. The minimum Gasteiger partial charge on any atom is -0.497 e. The third kappa shape index (κ3) is 6.27. The van der Waals surface area contributed by atoms with E-state index in [0.717, 1.165) is 47.8 Å². The van der Waals surface area contributed by atoms with Crippen molar-refractivity contribution in [2.24, 2.45) is 0 Å². The van der Waals surface area contributed by atoms with Crippen LogP contribution in [-0.2, 0) is 19.4 Å². The Morgan fingerprint density at radius 3 is 2.37 bits per heavy atom. The van der Waals surface area contributed by atoms with Crippen LogP contribution in [0.25, 0.3) is 10.8 Å². The van der Waals surface area contributed by atoms with Gasteiger partial charge < -0.3 is 4.74 Å². The van der Waals surface area contributed by atoms with Gasteiger partial charge in [-0.05, 0) is 41.8 Å². The third-order valence-corrected chi connectivity index (χ3v) is 4.63. The maximum Gasteiger partial charge on any atom is 0.362 e. The SMILES string of the molecule is CCCCCCCC(=O)OOC(=O)[C@@H](C)c1ccc2cc(OC)ccc2c1. The van der Waals surface area contributed by atoms with Gasteiger partial charge >= 0.3 is 11.9 Å². The van der Waals surface area contributed by atoms with Crippen LogP contribution in [0, 0.1) is 0 Å². The van der Waals surface area contributed by atoms with Gasteiger partial charge in [0.25, 0.3) is 0 Å². The smallest absolute Gasteiger partial charge is 0.362 e. The lowest BCUT2D eigenvalue weighted by molar-refractivity contribution is -0.260. The first-order valence-corrected chi connectivity index (χ1v) is 9.54. The summed E-state index contributed by atoms with van der Waals surface area (Å²) in [6, 6.07) is 11.5. The number of unbranched alkanes of at least 4 members (excludes halogenated alkanes) is 4. The van der Waals surface area contributed by atoms with Crippen molar-refractivity contribution >= 4 is 22.7 Å². The first kappa shape index (κ1) is 20.7. The van der Waals surface area contributed by atoms with Crippen LogP contribution in [0.5, 0.6) is 5.75 Å². The largest absolute Gasteiger partial charge is 0.497 e. The highest BCUT2D eigenvalue weighted by atomic mass is 17.2. The number of hydrogen-bond donors (Lipinski definition) is 0. The Bertz CT molecular complexity index is 768. The lowest BCUT2D eigenvalue weighted by atomic mass is 9.98. The van der Waals surface area contributed by atoms with Crippen molar-refractivity contribution in [3.05, 3.63) is 42.0 Å². The van der Waals surface area contributed by atoms with Crippen molar-refractivity contribution in [1.82, 2.24) is 0 Å². The maximum absolute atomic E-state index is 12.2. The van der Waals surface area contributed by atoms with E-state index in [9.17, 15) is 9.59 Å². The van der Waals surface area contributed by atoms with E-state index in [-0.39, 0.29) is 6.42 Å². The molecule has 146 valence electrons. The van der Waals surface area contributed by atoms with Crippen LogP contribution in [0.1, 0.15) is 63.9 Å². The summed E-state index contributed by atoms with van der Waals surface area (Å²) in [5.41, 5.74) is 0.799. The second-order valence-corrected chi connectivity index (χ2v) is 6.72. The minimum absolute atomic E-state index is 0.267. The van der Waals surface area contributed by atoms with Crippen molar-refractivity contribution in [3.63, 3.8) is 0 Å². The second kappa shape index (κ2) is 10.6. The highest BCUT2D eigenvalue weighted by Gasteiger charge is 2.20. The van der Waals surface area contributed by atoms with Gasteiger partial charge in [0, 0.05) is 0 Å². The number of carbonyl (C=O) groups is 2. The Hall–Kier alpha value is -2.56. The third-order valence-electron chi connectivity index (χ3n) is 4.63. The fraction of sp³-hybridized carbons (Fsp3) is 0.455. The molecular formula is C22H28O5. The van der Waals surface area contributed by atoms with Crippen LogP contribution in [0.15, 0.2) is 36.4 Å². The highest BCUT2D eigenvalue weighted by Crippen LogP contribution is 2.25. The number of carbonyl (C=O) groups excluding carboxylic acids is 2. The predicted molar refractivity (Wildman–Crippen MR) is 104 cm³/mol. The molecule has 0 fully saturated rings. The molecule has 0 aromatic heterocycles. The lowest BCUT2D eigenvalue weighted by Gasteiger charge is -2.11. The number of hydrogen-bond acceptors (Lipinski definition) is 5. The van der Waals surface area contributed by atoms with Gasteiger partial charge in [-0.1, -0.05) is 56.9 Å². The van der Waals surface area contributed by atoms with Crippen LogP contribution < -0.4 is 4.74 Å². The van der Waals surface area contributed by atoms with E-state index < -0.39 is 17.9 Å². The summed E-state index contributed by atoms with van der Waals surface area (Å²) in [6.07, 6.45) is 5.43. The normalized spacial score (nSPS) is 11.8. The summed E-state index contributed by atoms with van der Waals surface area (Å²) in [6.45, 7) is 3.87. The fourth-order valence-corrected chi connectivity index (χ4v) is 2.85. The zero-order valence-electron chi connectivity index (χ0n) is 16.3. The number of rotatable bonds is 9. The van der Waals surface area contributed by atoms with Gasteiger partial charge in [0.05, 0.1) is 19.4 Å². The highest BCUT2D eigenvalue weighted by molar-refractivity contribution is 5.86. The first-order chi connectivity index (χ1) is 13.0. The maximum atomic E-state index is 12.2. The topological polar surface area (TPSA) is 61.8 Å². The summed E-state index contributed by atoms with van der Waals surface area (Å²) < 4.78 is 5.22. The summed E-state index contributed by atoms with van der Waals surface area (Å²) in [5.74, 6) is -0.835. The summed E-state index contributed by atoms with van der Waals surface area (Å²) in [4.78, 5) is 33.2. The average Bonchev–Trinajstić information content (AvgIpc) is 2.70. The van der Waals surface area contributed by atoms with Gasteiger partial charge in [-0.3, -0.25) is 0 Å². The summed E-state index contributed by atoms with van der Waals surface area (Å²) in [7, 11) is 1.63. The van der Waals surface area contributed by atoms with Gasteiger partial charge in [-0.25, -0.2) is 19.4 Å². The molecule has 2 aromatic carbocycles. The van der Waals surface area contributed by atoms with Gasteiger partial charge in [0.1, 0.15) is 5.75 Å². The Kier molecular flexibility index (Phi) is 8.11. The molecule has 0 radical (unpaired) electrons. The Morgan fingerprint density at radius 2 is 1.63 bits per heavy atom. The van der Waals surface area contributed by atoms with Crippen molar-refractivity contribution in [1.29, 1.82) is 0 Å². The molecule has 0 bridgehead atoms. The van der Waals surface area contributed by atoms with E-state index in [1.807, 2.05) is 36.4 Å². The molecule has 5 nitrogen and oxygen atoms in total. The van der Waals surface area contributed by atoms with E-state index in [4.69, 9.17) is 9.62 Å². The molecule has 27 heavy (non-hydrogen) atoms. The van der Waals surface area contributed by atoms with Crippen molar-refractivity contribution in [2.45, 2.75) is 58.3 Å². The predicted octanol–water partition coefficient (Wildman–Crippen LogP) is 5.31. The summed E-state index contributed by atoms with van der Waals surface area (Å²) in [5, 5.41) is 2.02. The van der Waals surface area contributed by atoms with E-state index in [0.29, 0.717) is 0 Å². The van der Waals surface area contributed by atoms with Crippen LogP contribution in [0.2, 0.25) is 0 Å². The van der Waals surface area contributed by atoms with Crippen LogP contribution in [0.3, 0.4) is 0 Å². The fourth-order valence-electron chi connectivity index (χ4n) is 2.85. The van der Waals surface area contributed by atoms with Crippen molar-refractivity contribution in [3.8, 4) is 5.75 Å². The van der Waals surface area contributed by atoms with Crippen molar-refractivity contribution in [2.75, 3.05) is 7.11 Å². The minimum atomic E-state index is -0.581. The molecule has 0 spiro atoms. The van der Waals surface area contributed by atoms with Gasteiger partial charge in [-0.15, -0.1) is 0 Å². The molecule has 5 heteroatoms. The molecule has 0 unspecified atom stereocenters. The quantitative estimate of drug-likeness (QED) is 0.339. The Balaban J connectivity index is 1.85. The molecule has 0 aliphatic carbocycles. The average molecular weight is 372 g/mol. The molecule has 0 aliphatic heterocycles. The number of benzene rings is 2. The molecule has 2 rings (SSSR count). The monoisotopic (exact) mass is 372 g/mol. The van der Waals surface area contributed by atoms with Gasteiger partial charge in [0.15, 0.2) is 0 Å². The molecule has 0 heterocycles. The molecule has 0 aliphatic rings. The molecular weight excluding hydrogens is 344 g/mol. The molecule has 0 saturated heterocycles. The standard InChI is InChI=1S/C22H28O5/c1-4-5-6-7-8-9-21(23)26-27-22(24)16(2)17-10-11-19-15-20(25-3)13-12-18(19)14-17/h10-16H,4-9H2,1-3H3/t16-/m0/s1. The second-order valence-electron chi connectivity index (χ2n) is 6.72. The van der Waals surface area contributed by atoms with Crippen molar-refractivity contribution < 1.29 is 24.1 Å². The van der Waals surface area contributed by atoms with Crippen LogP contribution in [-0.4, -0.2) is 19.0 Å². The van der Waals surface area contributed by atoms with E-state index >= 15 is 0 Å².